The number of anilines is 1. The molecule has 5 aromatic rings. The van der Waals surface area contributed by atoms with Crippen LogP contribution in [0.15, 0.2) is 97.1 Å². The van der Waals surface area contributed by atoms with Crippen molar-refractivity contribution in [2.45, 2.75) is 25.8 Å². The van der Waals surface area contributed by atoms with Crippen LogP contribution in [-0.2, 0) is 16.8 Å². The molecule has 0 aliphatic carbocycles. The van der Waals surface area contributed by atoms with Gasteiger partial charge < -0.3 is 5.32 Å². The lowest BCUT2D eigenvalue weighted by Crippen LogP contribution is -2.47. The highest BCUT2D eigenvalue weighted by molar-refractivity contribution is 7.20. The SMILES string of the molecule is CC(C)(NC(=O)c1cc2c(N(NC(=O)Cc3ccccc3)C(=O)c3ccccc3)n[nH]c2s1)c1ccccc1. The molecule has 2 aromatic heterocycles. The Labute approximate surface area is 229 Å². The van der Waals surface area contributed by atoms with Crippen molar-refractivity contribution in [2.75, 3.05) is 5.01 Å². The average Bonchev–Trinajstić information content (AvgIpc) is 3.54. The van der Waals surface area contributed by atoms with Crippen LogP contribution in [0, 0.1) is 0 Å². The van der Waals surface area contributed by atoms with Crippen LogP contribution in [0.5, 0.6) is 0 Å². The first-order valence-electron chi connectivity index (χ1n) is 12.4. The van der Waals surface area contributed by atoms with Gasteiger partial charge in [0, 0.05) is 5.56 Å². The molecule has 0 atom stereocenters. The summed E-state index contributed by atoms with van der Waals surface area (Å²) in [5, 5.41) is 12.0. The van der Waals surface area contributed by atoms with Crippen LogP contribution in [0.4, 0.5) is 5.82 Å². The van der Waals surface area contributed by atoms with Crippen LogP contribution in [0.1, 0.15) is 45.0 Å². The van der Waals surface area contributed by atoms with Gasteiger partial charge >= 0.3 is 0 Å². The monoisotopic (exact) mass is 537 g/mol. The molecule has 5 rings (SSSR count). The van der Waals surface area contributed by atoms with Gasteiger partial charge in [-0.2, -0.15) is 10.1 Å². The smallest absolute Gasteiger partial charge is 0.278 e. The highest BCUT2D eigenvalue weighted by atomic mass is 32.1. The summed E-state index contributed by atoms with van der Waals surface area (Å²) < 4.78 is 0. The lowest BCUT2D eigenvalue weighted by Gasteiger charge is -2.26. The summed E-state index contributed by atoms with van der Waals surface area (Å²) in [4.78, 5) is 40.8. The molecule has 0 aliphatic rings. The van der Waals surface area contributed by atoms with Crippen molar-refractivity contribution in [3.63, 3.8) is 0 Å². The van der Waals surface area contributed by atoms with E-state index in [1.807, 2.05) is 80.6 Å². The Morgan fingerprint density at radius 1 is 0.897 bits per heavy atom. The summed E-state index contributed by atoms with van der Waals surface area (Å²) in [5.41, 5.74) is 4.29. The fraction of sp³-hybridized carbons (Fsp3) is 0.133. The maximum Gasteiger partial charge on any atom is 0.278 e. The van der Waals surface area contributed by atoms with Crippen molar-refractivity contribution in [3.8, 4) is 0 Å². The number of thiophene rings is 1. The van der Waals surface area contributed by atoms with E-state index >= 15 is 0 Å². The minimum absolute atomic E-state index is 0.0822. The van der Waals surface area contributed by atoms with Crippen molar-refractivity contribution in [1.29, 1.82) is 0 Å². The van der Waals surface area contributed by atoms with Gasteiger partial charge in [0.05, 0.1) is 22.2 Å². The summed E-state index contributed by atoms with van der Waals surface area (Å²) >= 11 is 1.23. The van der Waals surface area contributed by atoms with Crippen molar-refractivity contribution in [1.82, 2.24) is 20.9 Å². The number of amides is 3. The first-order valence-corrected chi connectivity index (χ1v) is 13.2. The zero-order chi connectivity index (χ0) is 27.4. The number of hydrogen-bond donors (Lipinski definition) is 3. The predicted molar refractivity (Wildman–Crippen MR) is 152 cm³/mol. The van der Waals surface area contributed by atoms with E-state index in [9.17, 15) is 14.4 Å². The van der Waals surface area contributed by atoms with Gasteiger partial charge in [0.2, 0.25) is 5.91 Å². The van der Waals surface area contributed by atoms with Crippen LogP contribution in [0.25, 0.3) is 10.2 Å². The van der Waals surface area contributed by atoms with Gasteiger partial charge in [-0.1, -0.05) is 78.9 Å². The molecule has 0 radical (unpaired) electrons. The number of rotatable bonds is 7. The molecule has 196 valence electrons. The minimum Gasteiger partial charge on any atom is -0.342 e. The maximum atomic E-state index is 13.5. The molecule has 0 fully saturated rings. The number of nitrogens with zero attached hydrogens (tertiary/aromatic N) is 2. The van der Waals surface area contributed by atoms with Crippen LogP contribution >= 0.6 is 11.3 Å². The Morgan fingerprint density at radius 3 is 2.18 bits per heavy atom. The molecular formula is C30H27N5O3S. The van der Waals surface area contributed by atoms with Gasteiger partial charge in [0.1, 0.15) is 4.83 Å². The molecule has 3 amide bonds. The van der Waals surface area contributed by atoms with E-state index in [4.69, 9.17) is 0 Å². The second-order valence-electron chi connectivity index (χ2n) is 9.55. The normalized spacial score (nSPS) is 11.2. The number of H-pyrrole nitrogens is 1. The summed E-state index contributed by atoms with van der Waals surface area (Å²) in [6.07, 6.45) is 0.0822. The fourth-order valence-corrected chi connectivity index (χ4v) is 5.11. The molecule has 0 unspecified atom stereocenters. The quantitative estimate of drug-likeness (QED) is 0.248. The van der Waals surface area contributed by atoms with E-state index < -0.39 is 11.4 Å². The van der Waals surface area contributed by atoms with E-state index in [1.54, 1.807) is 30.3 Å². The second-order valence-corrected chi connectivity index (χ2v) is 10.6. The lowest BCUT2D eigenvalue weighted by atomic mass is 9.94. The zero-order valence-corrected chi connectivity index (χ0v) is 22.3. The number of carbonyl (C=O) groups excluding carboxylic acids is 3. The Bertz CT molecular complexity index is 1610. The van der Waals surface area contributed by atoms with Gasteiger partial charge in [-0.3, -0.25) is 24.9 Å². The number of hydrazine groups is 1. The number of aromatic nitrogens is 2. The van der Waals surface area contributed by atoms with Gasteiger partial charge in [0.25, 0.3) is 11.8 Å². The molecular weight excluding hydrogens is 510 g/mol. The Balaban J connectivity index is 1.44. The Morgan fingerprint density at radius 2 is 1.51 bits per heavy atom. The van der Waals surface area contributed by atoms with Gasteiger partial charge in [-0.05, 0) is 43.2 Å². The van der Waals surface area contributed by atoms with Crippen LogP contribution in [0.3, 0.4) is 0 Å². The number of nitrogens with one attached hydrogen (secondary N) is 3. The third kappa shape index (κ3) is 5.73. The molecule has 0 bridgehead atoms. The van der Waals surface area contributed by atoms with E-state index in [0.29, 0.717) is 20.7 Å². The molecule has 0 aliphatic heterocycles. The fourth-order valence-electron chi connectivity index (χ4n) is 4.21. The minimum atomic E-state index is -0.599. The van der Waals surface area contributed by atoms with Crippen molar-refractivity contribution in [2.24, 2.45) is 0 Å². The number of carbonyl (C=O) groups is 3. The highest BCUT2D eigenvalue weighted by Gasteiger charge is 2.28. The van der Waals surface area contributed by atoms with E-state index in [2.05, 4.69) is 20.9 Å². The molecule has 2 heterocycles. The summed E-state index contributed by atoms with van der Waals surface area (Å²) in [6.45, 7) is 3.88. The summed E-state index contributed by atoms with van der Waals surface area (Å²) in [6, 6.07) is 29.3. The molecule has 0 saturated heterocycles. The molecule has 0 spiro atoms. The standard InChI is InChI=1S/C30H27N5O3S/c1-30(2,22-16-10-5-11-17-22)31-27(37)24-19-23-26(32-33-28(23)39-24)35(29(38)21-14-8-4-9-15-21)34-25(36)18-20-12-6-3-7-13-20/h3-17,19H,18H2,1-2H3,(H,31,37)(H,32,33)(H,34,36). The molecule has 3 N–H and O–H groups in total. The first kappa shape index (κ1) is 25.9. The first-order chi connectivity index (χ1) is 18.8. The Kier molecular flexibility index (Phi) is 7.25. The van der Waals surface area contributed by atoms with Crippen LogP contribution in [-0.4, -0.2) is 27.9 Å². The molecule has 9 heteroatoms. The van der Waals surface area contributed by atoms with Gasteiger partial charge in [0.15, 0.2) is 5.82 Å². The predicted octanol–water partition coefficient (Wildman–Crippen LogP) is 5.21. The molecule has 39 heavy (non-hydrogen) atoms. The number of fused-ring (bicyclic) bond motifs is 1. The molecule has 0 saturated carbocycles. The highest BCUT2D eigenvalue weighted by Crippen LogP contribution is 2.32. The summed E-state index contributed by atoms with van der Waals surface area (Å²) in [7, 11) is 0. The number of aromatic amines is 1. The number of benzene rings is 3. The average molecular weight is 538 g/mol. The van der Waals surface area contributed by atoms with Crippen molar-refractivity contribution >= 4 is 45.1 Å². The molecule has 3 aromatic carbocycles. The van der Waals surface area contributed by atoms with E-state index in [-0.39, 0.29) is 24.1 Å². The summed E-state index contributed by atoms with van der Waals surface area (Å²) in [5.74, 6) is -0.872. The van der Waals surface area contributed by atoms with Crippen molar-refractivity contribution < 1.29 is 14.4 Å². The van der Waals surface area contributed by atoms with Crippen molar-refractivity contribution in [3.05, 3.63) is 119 Å². The van der Waals surface area contributed by atoms with Gasteiger partial charge in [-0.25, -0.2) is 0 Å². The van der Waals surface area contributed by atoms with Gasteiger partial charge in [-0.15, -0.1) is 11.3 Å². The number of hydrogen-bond acceptors (Lipinski definition) is 5. The van der Waals surface area contributed by atoms with Crippen LogP contribution in [0.2, 0.25) is 0 Å². The lowest BCUT2D eigenvalue weighted by molar-refractivity contribution is -0.120. The third-order valence-corrected chi connectivity index (χ3v) is 7.30. The molecule has 8 nitrogen and oxygen atoms in total. The van der Waals surface area contributed by atoms with Crippen LogP contribution < -0.4 is 15.8 Å². The maximum absolute atomic E-state index is 13.5. The second kappa shape index (κ2) is 10.9. The Hall–Kier alpha value is -4.76. The topological polar surface area (TPSA) is 107 Å². The van der Waals surface area contributed by atoms with E-state index in [0.717, 1.165) is 16.1 Å². The van der Waals surface area contributed by atoms with E-state index in [1.165, 1.54) is 11.3 Å². The largest absolute Gasteiger partial charge is 0.342 e. The third-order valence-electron chi connectivity index (χ3n) is 6.26. The zero-order valence-electron chi connectivity index (χ0n) is 21.5.